The molecule has 0 saturated carbocycles. The Hall–Kier alpha value is -1.53. The van der Waals surface area contributed by atoms with Gasteiger partial charge in [0.1, 0.15) is 0 Å². The number of aliphatic hydroxyl groups excluding tert-OH is 1. The molecule has 0 radical (unpaired) electrons. The third-order valence-electron chi connectivity index (χ3n) is 4.58. The van der Waals surface area contributed by atoms with E-state index in [1.165, 1.54) is 0 Å². The number of aryl methyl sites for hydroxylation is 1. The van der Waals surface area contributed by atoms with Crippen LogP contribution in [0.5, 0.6) is 0 Å². The first-order valence-corrected chi connectivity index (χ1v) is 8.07. The number of carbonyl (C=O) groups is 1. The quantitative estimate of drug-likeness (QED) is 0.885. The average molecular weight is 304 g/mol. The van der Waals surface area contributed by atoms with Crippen molar-refractivity contribution in [3.05, 3.63) is 17.0 Å². The maximum Gasteiger partial charge on any atom is 0.225 e. The third kappa shape index (κ3) is 2.98. The molecule has 1 aliphatic carbocycles. The van der Waals surface area contributed by atoms with Crippen LogP contribution in [0.1, 0.15) is 35.1 Å². The van der Waals surface area contributed by atoms with Crippen molar-refractivity contribution in [2.75, 3.05) is 44.2 Å². The van der Waals surface area contributed by atoms with Crippen molar-refractivity contribution in [2.45, 2.75) is 26.7 Å². The highest BCUT2D eigenvalue weighted by molar-refractivity contribution is 5.99. The molecule has 1 aliphatic heterocycles. The SMILES string of the molecule is Cc1nc(N2CCN(CCO)CC2)nc2c1C(=O)C[C@@H](C)C2. The second-order valence-corrected chi connectivity index (χ2v) is 6.42. The number of aromatic nitrogens is 2. The standard InChI is InChI=1S/C16H24N4O2/c1-11-9-13-15(14(22)10-11)12(2)17-16(18-13)20-5-3-19(4-6-20)7-8-21/h11,21H,3-10H2,1-2H3/t11-/m0/s1. The number of nitrogens with zero attached hydrogens (tertiary/aromatic N) is 4. The van der Waals surface area contributed by atoms with Crippen molar-refractivity contribution in [3.63, 3.8) is 0 Å². The number of anilines is 1. The van der Waals surface area contributed by atoms with Gasteiger partial charge in [0.15, 0.2) is 5.78 Å². The van der Waals surface area contributed by atoms with Crippen molar-refractivity contribution in [2.24, 2.45) is 5.92 Å². The maximum atomic E-state index is 12.2. The normalized spacial score (nSPS) is 22.8. The van der Waals surface area contributed by atoms with Crippen molar-refractivity contribution in [1.82, 2.24) is 14.9 Å². The van der Waals surface area contributed by atoms with E-state index in [2.05, 4.69) is 21.7 Å². The van der Waals surface area contributed by atoms with Gasteiger partial charge >= 0.3 is 0 Å². The Morgan fingerprint density at radius 1 is 1.18 bits per heavy atom. The minimum absolute atomic E-state index is 0.186. The smallest absolute Gasteiger partial charge is 0.225 e. The van der Waals surface area contributed by atoms with Crippen molar-refractivity contribution in [1.29, 1.82) is 0 Å². The van der Waals surface area contributed by atoms with E-state index in [1.54, 1.807) is 0 Å². The van der Waals surface area contributed by atoms with Gasteiger partial charge < -0.3 is 10.0 Å². The van der Waals surface area contributed by atoms with Crippen molar-refractivity contribution < 1.29 is 9.90 Å². The molecule has 6 nitrogen and oxygen atoms in total. The molecule has 0 amide bonds. The number of Topliss-reactive ketones (excluding diaryl/α,β-unsaturated/α-hetero) is 1. The van der Waals surface area contributed by atoms with Gasteiger partial charge in [-0.2, -0.15) is 0 Å². The van der Waals surface area contributed by atoms with Crippen molar-refractivity contribution in [3.8, 4) is 0 Å². The van der Waals surface area contributed by atoms with Crippen LogP contribution in [-0.2, 0) is 6.42 Å². The second kappa shape index (κ2) is 6.30. The number of hydrogen-bond donors (Lipinski definition) is 1. The zero-order valence-electron chi connectivity index (χ0n) is 13.4. The molecule has 22 heavy (non-hydrogen) atoms. The predicted molar refractivity (Wildman–Crippen MR) is 84.3 cm³/mol. The molecule has 1 saturated heterocycles. The minimum Gasteiger partial charge on any atom is -0.395 e. The molecular weight excluding hydrogens is 280 g/mol. The van der Waals surface area contributed by atoms with E-state index in [9.17, 15) is 4.79 Å². The Kier molecular flexibility index (Phi) is 4.40. The van der Waals surface area contributed by atoms with Crippen LogP contribution in [0.3, 0.4) is 0 Å². The minimum atomic E-state index is 0.186. The van der Waals surface area contributed by atoms with E-state index in [-0.39, 0.29) is 12.4 Å². The molecule has 0 unspecified atom stereocenters. The number of β-amino-alcohol motifs (C(OH)–C–C–N with tert-alkyl or cyclic N) is 1. The number of ketones is 1. The number of hydrogen-bond acceptors (Lipinski definition) is 6. The molecule has 120 valence electrons. The molecule has 0 aromatic carbocycles. The van der Waals surface area contributed by atoms with Crippen LogP contribution in [-0.4, -0.2) is 65.1 Å². The second-order valence-electron chi connectivity index (χ2n) is 6.42. The van der Waals surface area contributed by atoms with Crippen LogP contribution in [0.2, 0.25) is 0 Å². The third-order valence-corrected chi connectivity index (χ3v) is 4.58. The lowest BCUT2D eigenvalue weighted by Crippen LogP contribution is -2.48. The van der Waals surface area contributed by atoms with E-state index in [1.807, 2.05) is 6.92 Å². The topological polar surface area (TPSA) is 69.6 Å². The van der Waals surface area contributed by atoms with Gasteiger partial charge in [-0.05, 0) is 19.3 Å². The van der Waals surface area contributed by atoms with Gasteiger partial charge in [-0.3, -0.25) is 9.69 Å². The lowest BCUT2D eigenvalue weighted by Gasteiger charge is -2.35. The number of piperazine rings is 1. The van der Waals surface area contributed by atoms with E-state index >= 15 is 0 Å². The first-order valence-electron chi connectivity index (χ1n) is 8.07. The van der Waals surface area contributed by atoms with Gasteiger partial charge in [-0.1, -0.05) is 6.92 Å². The number of rotatable bonds is 3. The Bertz CT molecular complexity index is 568. The summed E-state index contributed by atoms with van der Waals surface area (Å²) in [5.74, 6) is 1.30. The van der Waals surface area contributed by atoms with Crippen LogP contribution >= 0.6 is 0 Å². The summed E-state index contributed by atoms with van der Waals surface area (Å²) in [5, 5.41) is 9.01. The summed E-state index contributed by atoms with van der Waals surface area (Å²) < 4.78 is 0. The monoisotopic (exact) mass is 304 g/mol. The highest BCUT2D eigenvalue weighted by Gasteiger charge is 2.28. The molecule has 1 aromatic rings. The lowest BCUT2D eigenvalue weighted by molar-refractivity contribution is 0.0951. The first kappa shape index (κ1) is 15.4. The predicted octanol–water partition coefficient (Wildman–Crippen LogP) is 0.664. The van der Waals surface area contributed by atoms with Gasteiger partial charge in [0.05, 0.1) is 23.6 Å². The van der Waals surface area contributed by atoms with Crippen LogP contribution in [0.15, 0.2) is 0 Å². The summed E-state index contributed by atoms with van der Waals surface area (Å²) in [6.45, 7) is 8.50. The lowest BCUT2D eigenvalue weighted by atomic mass is 9.86. The largest absolute Gasteiger partial charge is 0.395 e. The summed E-state index contributed by atoms with van der Waals surface area (Å²) in [7, 11) is 0. The first-order chi connectivity index (χ1) is 10.6. The van der Waals surface area contributed by atoms with Gasteiger partial charge in [-0.25, -0.2) is 9.97 Å². The Balaban J connectivity index is 1.80. The summed E-state index contributed by atoms with van der Waals surface area (Å²) in [6.07, 6.45) is 1.47. The Morgan fingerprint density at radius 2 is 1.91 bits per heavy atom. The maximum absolute atomic E-state index is 12.2. The van der Waals surface area contributed by atoms with Crippen LogP contribution in [0.25, 0.3) is 0 Å². The molecule has 1 atom stereocenters. The average Bonchev–Trinajstić information content (AvgIpc) is 2.47. The Morgan fingerprint density at radius 3 is 2.59 bits per heavy atom. The van der Waals surface area contributed by atoms with Crippen LogP contribution in [0, 0.1) is 12.8 Å². The number of fused-ring (bicyclic) bond motifs is 1. The molecular formula is C16H24N4O2. The van der Waals surface area contributed by atoms with E-state index in [0.29, 0.717) is 12.3 Å². The molecule has 1 aromatic heterocycles. The van der Waals surface area contributed by atoms with Gasteiger partial charge in [0.2, 0.25) is 5.95 Å². The van der Waals surface area contributed by atoms with Crippen molar-refractivity contribution >= 4 is 11.7 Å². The van der Waals surface area contributed by atoms with Crippen LogP contribution in [0.4, 0.5) is 5.95 Å². The van der Waals surface area contributed by atoms with E-state index < -0.39 is 0 Å². The molecule has 2 heterocycles. The molecule has 0 spiro atoms. The van der Waals surface area contributed by atoms with E-state index in [4.69, 9.17) is 10.1 Å². The molecule has 2 aliphatic rings. The van der Waals surface area contributed by atoms with Gasteiger partial charge in [-0.15, -0.1) is 0 Å². The number of carbonyl (C=O) groups excluding carboxylic acids is 1. The summed E-state index contributed by atoms with van der Waals surface area (Å²) >= 11 is 0. The fourth-order valence-electron chi connectivity index (χ4n) is 3.40. The number of aliphatic hydroxyl groups is 1. The summed E-state index contributed by atoms with van der Waals surface area (Å²) in [5.41, 5.74) is 2.49. The molecule has 1 N–H and O–H groups in total. The fourth-order valence-corrected chi connectivity index (χ4v) is 3.40. The molecule has 6 heteroatoms. The highest BCUT2D eigenvalue weighted by Crippen LogP contribution is 2.27. The summed E-state index contributed by atoms with van der Waals surface area (Å²) in [4.78, 5) is 25.9. The molecule has 1 fully saturated rings. The van der Waals surface area contributed by atoms with E-state index in [0.717, 1.165) is 62.0 Å². The summed E-state index contributed by atoms with van der Waals surface area (Å²) in [6, 6.07) is 0. The van der Waals surface area contributed by atoms with Gasteiger partial charge in [0.25, 0.3) is 0 Å². The highest BCUT2D eigenvalue weighted by atomic mass is 16.3. The zero-order chi connectivity index (χ0) is 15.7. The fraction of sp³-hybridized carbons (Fsp3) is 0.688. The zero-order valence-corrected chi connectivity index (χ0v) is 13.4. The van der Waals surface area contributed by atoms with Crippen LogP contribution < -0.4 is 4.90 Å². The Labute approximate surface area is 131 Å². The molecule has 3 rings (SSSR count). The van der Waals surface area contributed by atoms with Gasteiger partial charge in [0, 0.05) is 39.1 Å². The molecule has 0 bridgehead atoms.